The molecule has 2 aromatic carbocycles. The van der Waals surface area contributed by atoms with Crippen molar-refractivity contribution < 1.29 is 9.18 Å². The molecule has 0 bridgehead atoms. The minimum Gasteiger partial charge on any atom is -0.349 e. The number of carbonyl (C=O) groups is 1. The van der Waals surface area contributed by atoms with Crippen molar-refractivity contribution in [3.8, 4) is 11.3 Å². The Labute approximate surface area is 144 Å². The molecule has 5 heteroatoms. The van der Waals surface area contributed by atoms with E-state index in [-0.39, 0.29) is 23.3 Å². The molecule has 5 rings (SSSR count). The maximum Gasteiger partial charge on any atom is 0.251 e. The van der Waals surface area contributed by atoms with Gasteiger partial charge in [-0.1, -0.05) is 24.3 Å². The maximum absolute atomic E-state index is 13.0. The topological polar surface area (TPSA) is 46.9 Å². The fourth-order valence-corrected chi connectivity index (χ4v) is 4.22. The molecule has 1 aliphatic heterocycles. The Morgan fingerprint density at radius 3 is 2.72 bits per heavy atom. The van der Waals surface area contributed by atoms with Gasteiger partial charge in [0, 0.05) is 17.2 Å². The first-order valence-corrected chi connectivity index (χ1v) is 8.36. The predicted octanol–water partition coefficient (Wildman–Crippen LogP) is 3.34. The van der Waals surface area contributed by atoms with Crippen LogP contribution in [0.5, 0.6) is 0 Å². The molecule has 0 unspecified atom stereocenters. The van der Waals surface area contributed by atoms with Crippen LogP contribution in [0, 0.1) is 5.82 Å². The lowest BCUT2D eigenvalue weighted by Gasteiger charge is -2.47. The number of hydrogen-bond donors (Lipinski definition) is 1. The summed E-state index contributed by atoms with van der Waals surface area (Å²) in [5, 5.41) is 3.06. The molecule has 4 nitrogen and oxygen atoms in total. The van der Waals surface area contributed by atoms with E-state index >= 15 is 0 Å². The highest BCUT2D eigenvalue weighted by Crippen LogP contribution is 2.54. The summed E-state index contributed by atoms with van der Waals surface area (Å²) in [5.41, 5.74) is 4.04. The van der Waals surface area contributed by atoms with Gasteiger partial charge in [0.25, 0.3) is 5.91 Å². The standard InChI is InChI=1S/C20H16FN3O/c21-14-7-5-13(6-8-14)19(25)23-15-9-20(10-15)17-4-2-1-3-16(17)18-11-22-12-24(18)20/h1-8,11-12,15H,9-10H2,(H,23,25). The summed E-state index contributed by atoms with van der Waals surface area (Å²) < 4.78 is 15.2. The van der Waals surface area contributed by atoms with E-state index in [1.165, 1.54) is 35.4 Å². The third-order valence-corrected chi connectivity index (χ3v) is 5.41. The van der Waals surface area contributed by atoms with Crippen molar-refractivity contribution in [1.82, 2.24) is 14.9 Å². The van der Waals surface area contributed by atoms with Crippen molar-refractivity contribution in [3.63, 3.8) is 0 Å². The monoisotopic (exact) mass is 333 g/mol. The van der Waals surface area contributed by atoms with E-state index in [1.807, 2.05) is 18.6 Å². The van der Waals surface area contributed by atoms with Gasteiger partial charge < -0.3 is 9.88 Å². The molecule has 2 aliphatic rings. The van der Waals surface area contributed by atoms with Gasteiger partial charge in [-0.25, -0.2) is 9.37 Å². The van der Waals surface area contributed by atoms with Crippen molar-refractivity contribution >= 4 is 5.91 Å². The first kappa shape index (κ1) is 14.4. The fraction of sp³-hybridized carbons (Fsp3) is 0.200. The zero-order chi connectivity index (χ0) is 17.0. The van der Waals surface area contributed by atoms with E-state index in [0.717, 1.165) is 18.5 Å². The molecule has 124 valence electrons. The predicted molar refractivity (Wildman–Crippen MR) is 91.6 cm³/mol. The molecule has 1 saturated carbocycles. The second-order valence-electron chi connectivity index (χ2n) is 6.81. The van der Waals surface area contributed by atoms with Crippen LogP contribution < -0.4 is 5.32 Å². The number of halogens is 1. The van der Waals surface area contributed by atoms with Gasteiger partial charge in [0.1, 0.15) is 5.82 Å². The van der Waals surface area contributed by atoms with E-state index in [9.17, 15) is 9.18 Å². The lowest BCUT2D eigenvalue weighted by Crippen LogP contribution is -2.55. The van der Waals surface area contributed by atoms with E-state index in [2.05, 4.69) is 33.1 Å². The van der Waals surface area contributed by atoms with Crippen molar-refractivity contribution in [1.29, 1.82) is 0 Å². The molecule has 0 atom stereocenters. The van der Waals surface area contributed by atoms with Crippen LogP contribution >= 0.6 is 0 Å². The Bertz CT molecular complexity index is 971. The second-order valence-corrected chi connectivity index (χ2v) is 6.81. The average Bonchev–Trinajstić information content (AvgIpc) is 3.16. The van der Waals surface area contributed by atoms with Crippen LogP contribution in [0.4, 0.5) is 4.39 Å². The van der Waals surface area contributed by atoms with Crippen molar-refractivity contribution in [2.45, 2.75) is 24.4 Å². The minimum atomic E-state index is -0.339. The number of rotatable bonds is 2. The van der Waals surface area contributed by atoms with Gasteiger partial charge in [-0.05, 0) is 42.7 Å². The van der Waals surface area contributed by atoms with Gasteiger partial charge in [-0.15, -0.1) is 0 Å². The Balaban J connectivity index is 1.38. The first-order chi connectivity index (χ1) is 12.2. The Kier molecular flexibility index (Phi) is 2.89. The summed E-state index contributed by atoms with van der Waals surface area (Å²) in [6.45, 7) is 0. The van der Waals surface area contributed by atoms with Gasteiger partial charge in [-0.3, -0.25) is 4.79 Å². The number of nitrogens with zero attached hydrogens (tertiary/aromatic N) is 2. The molecule has 1 aliphatic carbocycles. The molecule has 25 heavy (non-hydrogen) atoms. The molecule has 0 saturated heterocycles. The third-order valence-electron chi connectivity index (χ3n) is 5.41. The zero-order valence-corrected chi connectivity index (χ0v) is 13.4. The van der Waals surface area contributed by atoms with Gasteiger partial charge in [0.2, 0.25) is 0 Å². The number of aromatic nitrogens is 2. The summed E-state index contributed by atoms with van der Waals surface area (Å²) in [7, 11) is 0. The Morgan fingerprint density at radius 1 is 1.16 bits per heavy atom. The number of fused-ring (bicyclic) bond motifs is 5. The number of carbonyl (C=O) groups excluding carboxylic acids is 1. The zero-order valence-electron chi connectivity index (χ0n) is 13.4. The van der Waals surface area contributed by atoms with Crippen LogP contribution in [-0.2, 0) is 5.54 Å². The van der Waals surface area contributed by atoms with Crippen LogP contribution in [0.25, 0.3) is 11.3 Å². The smallest absolute Gasteiger partial charge is 0.251 e. The molecular weight excluding hydrogens is 317 g/mol. The van der Waals surface area contributed by atoms with Crippen LogP contribution in [-0.4, -0.2) is 21.5 Å². The van der Waals surface area contributed by atoms with Crippen molar-refractivity contribution in [2.75, 3.05) is 0 Å². The summed E-state index contributed by atoms with van der Waals surface area (Å²) in [5.74, 6) is -0.494. The largest absolute Gasteiger partial charge is 0.349 e. The fourth-order valence-electron chi connectivity index (χ4n) is 4.22. The summed E-state index contributed by atoms with van der Waals surface area (Å²) in [6.07, 6.45) is 5.45. The quantitative estimate of drug-likeness (QED) is 0.782. The van der Waals surface area contributed by atoms with Crippen LogP contribution in [0.1, 0.15) is 28.8 Å². The molecule has 2 heterocycles. The third kappa shape index (κ3) is 1.98. The maximum atomic E-state index is 13.0. The van der Waals surface area contributed by atoms with Crippen LogP contribution in [0.3, 0.4) is 0 Å². The molecule has 1 spiro atoms. The summed E-state index contributed by atoms with van der Waals surface area (Å²) >= 11 is 0. The molecule has 1 N–H and O–H groups in total. The van der Waals surface area contributed by atoms with Gasteiger partial charge in [-0.2, -0.15) is 0 Å². The highest BCUT2D eigenvalue weighted by Gasteiger charge is 2.52. The molecule has 1 amide bonds. The summed E-state index contributed by atoms with van der Waals surface area (Å²) in [6, 6.07) is 14.1. The number of amides is 1. The van der Waals surface area contributed by atoms with E-state index in [1.54, 1.807) is 0 Å². The molecule has 0 radical (unpaired) electrons. The van der Waals surface area contributed by atoms with Crippen molar-refractivity contribution in [3.05, 3.63) is 78.0 Å². The second kappa shape index (κ2) is 5.02. The lowest BCUT2D eigenvalue weighted by molar-refractivity contribution is 0.0836. The van der Waals surface area contributed by atoms with E-state index in [4.69, 9.17) is 0 Å². The molecule has 1 aromatic heterocycles. The van der Waals surface area contributed by atoms with Crippen LogP contribution in [0.15, 0.2) is 61.1 Å². The molecule has 1 fully saturated rings. The number of imidazole rings is 1. The summed E-state index contributed by atoms with van der Waals surface area (Å²) in [4.78, 5) is 16.7. The number of nitrogens with one attached hydrogen (secondary N) is 1. The van der Waals surface area contributed by atoms with Crippen LogP contribution in [0.2, 0.25) is 0 Å². The van der Waals surface area contributed by atoms with Gasteiger partial charge >= 0.3 is 0 Å². The minimum absolute atomic E-state index is 0.0963. The Morgan fingerprint density at radius 2 is 1.92 bits per heavy atom. The van der Waals surface area contributed by atoms with Gasteiger partial charge in [0.15, 0.2) is 0 Å². The van der Waals surface area contributed by atoms with E-state index in [0.29, 0.717) is 5.56 Å². The number of hydrogen-bond acceptors (Lipinski definition) is 2. The van der Waals surface area contributed by atoms with E-state index < -0.39 is 0 Å². The lowest BCUT2D eigenvalue weighted by atomic mass is 9.68. The highest BCUT2D eigenvalue weighted by atomic mass is 19.1. The molecular formula is C20H16FN3O. The SMILES string of the molecule is O=C(NC1CC2(C1)c1ccccc1-c1cncn12)c1ccc(F)cc1. The Hall–Kier alpha value is -2.95. The average molecular weight is 333 g/mol. The highest BCUT2D eigenvalue weighted by molar-refractivity contribution is 5.94. The van der Waals surface area contributed by atoms with Gasteiger partial charge in [0.05, 0.1) is 23.8 Å². The first-order valence-electron chi connectivity index (χ1n) is 8.36. The van der Waals surface area contributed by atoms with Crippen molar-refractivity contribution in [2.24, 2.45) is 0 Å². The number of benzene rings is 2. The molecule has 3 aromatic rings. The normalized spacial score (nSPS) is 23.0.